The highest BCUT2D eigenvalue weighted by molar-refractivity contribution is 5.97. The number of anilines is 1. The number of rotatable bonds is 7. The largest absolute Gasteiger partial charge is 0.465 e. The Kier molecular flexibility index (Phi) is 7.33. The van der Waals surface area contributed by atoms with Gasteiger partial charge in [-0.25, -0.2) is 23.1 Å². The number of halogens is 2. The fourth-order valence-corrected chi connectivity index (χ4v) is 4.35. The number of nitrogens with one attached hydrogen (secondary N) is 1. The van der Waals surface area contributed by atoms with Gasteiger partial charge in [0.15, 0.2) is 17.5 Å². The minimum absolute atomic E-state index is 0.0155. The van der Waals surface area contributed by atoms with Gasteiger partial charge in [-0.3, -0.25) is 0 Å². The van der Waals surface area contributed by atoms with Crippen molar-refractivity contribution in [3.63, 3.8) is 0 Å². The summed E-state index contributed by atoms with van der Waals surface area (Å²) in [6.07, 6.45) is 4.87. The Morgan fingerprint density at radius 2 is 1.69 bits per heavy atom. The van der Waals surface area contributed by atoms with Crippen LogP contribution in [0.4, 0.5) is 14.5 Å². The van der Waals surface area contributed by atoms with Gasteiger partial charge in [0.25, 0.3) is 0 Å². The lowest BCUT2D eigenvalue weighted by Crippen LogP contribution is -2.24. The second kappa shape index (κ2) is 10.6. The Morgan fingerprint density at radius 1 is 1.03 bits per heavy atom. The van der Waals surface area contributed by atoms with E-state index in [0.29, 0.717) is 0 Å². The molecule has 1 aromatic heterocycles. The first kappa shape index (κ1) is 24.2. The molecule has 1 unspecified atom stereocenters. The van der Waals surface area contributed by atoms with E-state index in [0.717, 1.165) is 38.2 Å². The second-order valence-corrected chi connectivity index (χ2v) is 8.28. The van der Waals surface area contributed by atoms with Crippen molar-refractivity contribution >= 4 is 17.6 Å². The molecule has 1 N–H and O–H groups in total. The Hall–Kier alpha value is -3.89. The van der Waals surface area contributed by atoms with Crippen LogP contribution in [0, 0.1) is 11.6 Å². The van der Waals surface area contributed by atoms with Gasteiger partial charge in [0.05, 0.1) is 31.4 Å². The summed E-state index contributed by atoms with van der Waals surface area (Å²) in [5.74, 6) is -3.16. The van der Waals surface area contributed by atoms with Crippen molar-refractivity contribution in [1.29, 1.82) is 0 Å². The van der Waals surface area contributed by atoms with Crippen LogP contribution in [0.25, 0.3) is 0 Å². The van der Waals surface area contributed by atoms with E-state index in [-0.39, 0.29) is 34.2 Å². The number of methoxy groups -OCH3 is 2. The summed E-state index contributed by atoms with van der Waals surface area (Å²) in [5.41, 5.74) is 0.381. The van der Waals surface area contributed by atoms with Gasteiger partial charge < -0.3 is 14.8 Å². The highest BCUT2D eigenvalue weighted by atomic mass is 19.2. The van der Waals surface area contributed by atoms with E-state index in [4.69, 9.17) is 9.47 Å². The number of esters is 2. The average molecular weight is 485 g/mol. The monoisotopic (exact) mass is 485 g/mol. The van der Waals surface area contributed by atoms with E-state index in [2.05, 4.69) is 20.8 Å². The first-order valence-corrected chi connectivity index (χ1v) is 11.2. The normalized spacial score (nSPS) is 14.9. The number of nitrogens with zero attached hydrogens (tertiary/aromatic N) is 4. The lowest BCUT2D eigenvalue weighted by Gasteiger charge is -2.26. The molecule has 1 fully saturated rings. The van der Waals surface area contributed by atoms with E-state index in [1.807, 2.05) is 0 Å². The molecule has 2 aromatic carbocycles. The summed E-state index contributed by atoms with van der Waals surface area (Å²) in [6, 6.07) is 7.04. The van der Waals surface area contributed by atoms with Gasteiger partial charge in [0, 0.05) is 11.3 Å². The number of carbonyl (C=O) groups excluding carboxylic acids is 2. The molecule has 184 valence electrons. The maximum Gasteiger partial charge on any atom is 0.337 e. The number of benzene rings is 2. The van der Waals surface area contributed by atoms with Crippen molar-refractivity contribution in [2.75, 3.05) is 19.5 Å². The third-order valence-corrected chi connectivity index (χ3v) is 6.08. The molecule has 0 spiro atoms. The predicted octanol–water partition coefficient (Wildman–Crippen LogP) is 4.23. The van der Waals surface area contributed by atoms with Crippen LogP contribution in [0.1, 0.15) is 76.3 Å². The summed E-state index contributed by atoms with van der Waals surface area (Å²) in [4.78, 5) is 24.4. The molecule has 1 heterocycles. The summed E-state index contributed by atoms with van der Waals surface area (Å²) in [5, 5.41) is 15.2. The molecule has 35 heavy (non-hydrogen) atoms. The maximum atomic E-state index is 15.0. The van der Waals surface area contributed by atoms with Gasteiger partial charge >= 0.3 is 11.9 Å². The fourth-order valence-electron chi connectivity index (χ4n) is 4.35. The number of hydrogen-bond acceptors (Lipinski definition) is 8. The zero-order chi connectivity index (χ0) is 24.9. The van der Waals surface area contributed by atoms with Crippen molar-refractivity contribution in [2.24, 2.45) is 0 Å². The first-order valence-electron chi connectivity index (χ1n) is 11.2. The molecule has 9 nitrogen and oxygen atoms in total. The number of carbonyl (C=O) groups is 2. The Labute approximate surface area is 200 Å². The van der Waals surface area contributed by atoms with Gasteiger partial charge in [-0.05, 0) is 47.5 Å². The summed E-state index contributed by atoms with van der Waals surface area (Å²) in [6.45, 7) is 0. The van der Waals surface area contributed by atoms with Crippen molar-refractivity contribution < 1.29 is 27.8 Å². The number of aromatic nitrogens is 4. The van der Waals surface area contributed by atoms with Crippen LogP contribution >= 0.6 is 0 Å². The lowest BCUT2D eigenvalue weighted by atomic mass is 9.95. The second-order valence-electron chi connectivity index (χ2n) is 8.28. The Bertz CT molecular complexity index is 1190. The number of ether oxygens (including phenoxy) is 2. The predicted molar refractivity (Wildman–Crippen MR) is 121 cm³/mol. The summed E-state index contributed by atoms with van der Waals surface area (Å²) >= 11 is 0. The van der Waals surface area contributed by atoms with Crippen molar-refractivity contribution in [3.05, 3.63) is 70.5 Å². The lowest BCUT2D eigenvalue weighted by molar-refractivity contribution is 0.0599. The van der Waals surface area contributed by atoms with Crippen molar-refractivity contribution in [1.82, 2.24) is 20.2 Å². The van der Waals surface area contributed by atoms with Gasteiger partial charge in [0.1, 0.15) is 6.04 Å². The maximum absolute atomic E-state index is 15.0. The SMILES string of the molecule is COC(=O)c1cc(NC(c2cccc(F)c2F)c2nnnn2C2CCCCC2)cc(C(=O)OC)c1. The van der Waals surface area contributed by atoms with Crippen LogP contribution in [-0.4, -0.2) is 46.4 Å². The van der Waals surface area contributed by atoms with Gasteiger partial charge in [-0.1, -0.05) is 31.4 Å². The topological polar surface area (TPSA) is 108 Å². The average Bonchev–Trinajstić information content (AvgIpc) is 3.38. The minimum atomic E-state index is -1.06. The molecule has 1 saturated carbocycles. The molecule has 0 amide bonds. The van der Waals surface area contributed by atoms with Crippen LogP contribution in [0.15, 0.2) is 36.4 Å². The first-order chi connectivity index (χ1) is 16.9. The smallest absolute Gasteiger partial charge is 0.337 e. The highest BCUT2D eigenvalue weighted by Gasteiger charge is 2.29. The van der Waals surface area contributed by atoms with Crippen LogP contribution in [0.2, 0.25) is 0 Å². The van der Waals surface area contributed by atoms with Gasteiger partial charge in [-0.2, -0.15) is 0 Å². The zero-order valence-corrected chi connectivity index (χ0v) is 19.3. The molecule has 0 bridgehead atoms. The van der Waals surface area contributed by atoms with Crippen LogP contribution in [0.5, 0.6) is 0 Å². The van der Waals surface area contributed by atoms with Crippen molar-refractivity contribution in [2.45, 2.75) is 44.2 Å². The zero-order valence-electron chi connectivity index (χ0n) is 19.3. The molecule has 1 atom stereocenters. The van der Waals surface area contributed by atoms with E-state index in [9.17, 15) is 14.0 Å². The van der Waals surface area contributed by atoms with E-state index < -0.39 is 29.6 Å². The molecule has 4 rings (SSSR count). The minimum Gasteiger partial charge on any atom is -0.465 e. The van der Waals surface area contributed by atoms with E-state index >= 15 is 4.39 Å². The highest BCUT2D eigenvalue weighted by Crippen LogP contribution is 2.34. The van der Waals surface area contributed by atoms with Gasteiger partial charge in [0.2, 0.25) is 0 Å². The molecule has 11 heteroatoms. The molecule has 1 aliphatic rings. The number of hydrogen-bond donors (Lipinski definition) is 1. The van der Waals surface area contributed by atoms with Gasteiger partial charge in [-0.15, -0.1) is 5.10 Å². The van der Waals surface area contributed by atoms with E-state index in [1.54, 1.807) is 4.68 Å². The molecule has 0 saturated heterocycles. The van der Waals surface area contributed by atoms with Crippen LogP contribution < -0.4 is 5.32 Å². The summed E-state index contributed by atoms with van der Waals surface area (Å²) < 4.78 is 40.5. The molecule has 3 aromatic rings. The van der Waals surface area contributed by atoms with E-state index in [1.165, 1.54) is 44.6 Å². The molecule has 1 aliphatic carbocycles. The molecular formula is C24H25F2N5O4. The Morgan fingerprint density at radius 3 is 2.31 bits per heavy atom. The Balaban J connectivity index is 1.82. The van der Waals surface area contributed by atoms with Crippen molar-refractivity contribution in [3.8, 4) is 0 Å². The quantitative estimate of drug-likeness (QED) is 0.496. The third kappa shape index (κ3) is 5.13. The molecule has 0 aliphatic heterocycles. The van der Waals surface area contributed by atoms with Crippen LogP contribution in [0.3, 0.4) is 0 Å². The molecular weight excluding hydrogens is 460 g/mol. The molecule has 0 radical (unpaired) electrons. The number of tetrazole rings is 1. The summed E-state index contributed by atoms with van der Waals surface area (Å²) in [7, 11) is 2.42. The fraction of sp³-hybridized carbons (Fsp3) is 0.375. The third-order valence-electron chi connectivity index (χ3n) is 6.08. The standard InChI is InChI=1S/C24H25F2N5O4/c1-34-23(32)14-11-15(24(33)35-2)13-16(12-14)27-21(18-9-6-10-19(25)20(18)26)22-28-29-30-31(22)17-7-4-3-5-8-17/h6,9-13,17,21,27H,3-5,7-8H2,1-2H3. The van der Waals surface area contributed by atoms with Crippen LogP contribution in [-0.2, 0) is 9.47 Å².